The number of aryl methyl sites for hydroxylation is 1. The second-order valence-electron chi connectivity index (χ2n) is 8.14. The van der Waals surface area contributed by atoms with Crippen molar-refractivity contribution in [3.8, 4) is 34.0 Å². The molecule has 0 bridgehead atoms. The molecule has 0 saturated heterocycles. The molecule has 1 aromatic heterocycles. The zero-order valence-electron chi connectivity index (χ0n) is 19.3. The fourth-order valence-corrected chi connectivity index (χ4v) is 3.45. The molecule has 6 nitrogen and oxygen atoms in total. The number of nitrogens with zero attached hydrogens (tertiary/aromatic N) is 2. The van der Waals surface area contributed by atoms with E-state index in [0.29, 0.717) is 36.1 Å². The fourth-order valence-electron chi connectivity index (χ4n) is 3.45. The Labute approximate surface area is 189 Å². The van der Waals surface area contributed by atoms with Crippen LogP contribution in [0, 0.1) is 5.92 Å². The number of hydrogen-bond acceptors (Lipinski definition) is 4. The Kier molecular flexibility index (Phi) is 7.92. The van der Waals surface area contributed by atoms with E-state index < -0.39 is 5.97 Å². The molecule has 0 aliphatic rings. The molecule has 3 rings (SSSR count). The van der Waals surface area contributed by atoms with Gasteiger partial charge in [-0.15, -0.1) is 0 Å². The number of carbonyl (C=O) groups is 1. The lowest BCUT2D eigenvalue weighted by atomic mass is 10.0. The number of para-hydroxylation sites is 1. The molecule has 32 heavy (non-hydrogen) atoms. The topological polar surface area (TPSA) is 73.6 Å². The van der Waals surface area contributed by atoms with Crippen molar-refractivity contribution >= 4 is 5.97 Å². The highest BCUT2D eigenvalue weighted by atomic mass is 16.5. The van der Waals surface area contributed by atoms with Gasteiger partial charge in [0.15, 0.2) is 0 Å². The fraction of sp³-hybridized carbons (Fsp3) is 0.385. The number of aromatic carboxylic acids is 1. The first-order chi connectivity index (χ1) is 15.4. The van der Waals surface area contributed by atoms with E-state index in [-0.39, 0.29) is 5.56 Å². The minimum absolute atomic E-state index is 0.205. The van der Waals surface area contributed by atoms with E-state index in [1.807, 2.05) is 41.9 Å². The zero-order valence-corrected chi connectivity index (χ0v) is 19.3. The van der Waals surface area contributed by atoms with Gasteiger partial charge in [0.05, 0.1) is 30.2 Å². The summed E-state index contributed by atoms with van der Waals surface area (Å²) in [5.74, 6) is 0.801. The van der Waals surface area contributed by atoms with Crippen LogP contribution in [0.5, 0.6) is 11.5 Å². The van der Waals surface area contributed by atoms with Gasteiger partial charge in [0.1, 0.15) is 11.5 Å². The Morgan fingerprint density at radius 3 is 2.47 bits per heavy atom. The second-order valence-corrected chi connectivity index (χ2v) is 8.14. The Balaban J connectivity index is 2.14. The average Bonchev–Trinajstić information content (AvgIpc) is 3.20. The SMILES string of the molecule is CCCCn1nc(-c2cc(C(=O)O)ccc2OCC(C)C)cc1-c1ccccc1OCC. The molecule has 0 fully saturated rings. The quantitative estimate of drug-likeness (QED) is 0.390. The lowest BCUT2D eigenvalue weighted by molar-refractivity contribution is 0.0697. The second kappa shape index (κ2) is 10.8. The van der Waals surface area contributed by atoms with Gasteiger partial charge in [-0.05, 0) is 55.7 Å². The van der Waals surface area contributed by atoms with Crippen molar-refractivity contribution in [2.45, 2.75) is 47.1 Å². The molecule has 0 amide bonds. The van der Waals surface area contributed by atoms with Crippen LogP contribution in [0.1, 0.15) is 50.9 Å². The monoisotopic (exact) mass is 436 g/mol. The molecule has 0 radical (unpaired) electrons. The summed E-state index contributed by atoms with van der Waals surface area (Å²) in [4.78, 5) is 11.6. The molecule has 170 valence electrons. The standard InChI is InChI=1S/C26H32N2O4/c1-5-7-14-28-23(20-10-8-9-11-24(20)31-6-2)16-22(27-28)21-15-19(26(29)30)12-13-25(21)32-17-18(3)4/h8-13,15-16,18H,5-7,14,17H2,1-4H3,(H,29,30). The first-order valence-electron chi connectivity index (χ1n) is 11.2. The van der Waals surface area contributed by atoms with Crippen molar-refractivity contribution in [3.63, 3.8) is 0 Å². The van der Waals surface area contributed by atoms with Crippen LogP contribution < -0.4 is 9.47 Å². The van der Waals surface area contributed by atoms with Gasteiger partial charge in [-0.3, -0.25) is 4.68 Å². The van der Waals surface area contributed by atoms with Crippen molar-refractivity contribution in [3.05, 3.63) is 54.1 Å². The Hall–Kier alpha value is -3.28. The Morgan fingerprint density at radius 2 is 1.78 bits per heavy atom. The predicted molar refractivity (Wildman–Crippen MR) is 126 cm³/mol. The van der Waals surface area contributed by atoms with E-state index in [2.05, 4.69) is 20.8 Å². The van der Waals surface area contributed by atoms with E-state index >= 15 is 0 Å². The first kappa shape index (κ1) is 23.4. The Bertz CT molecular complexity index is 1060. The van der Waals surface area contributed by atoms with Gasteiger partial charge in [-0.2, -0.15) is 5.10 Å². The number of benzene rings is 2. The largest absolute Gasteiger partial charge is 0.493 e. The number of carboxylic acid groups (broad SMARTS) is 1. The van der Waals surface area contributed by atoms with Crippen LogP contribution in [0.4, 0.5) is 0 Å². The number of ether oxygens (including phenoxy) is 2. The summed E-state index contributed by atoms with van der Waals surface area (Å²) in [6.07, 6.45) is 2.02. The maximum Gasteiger partial charge on any atom is 0.335 e. The van der Waals surface area contributed by atoms with Crippen molar-refractivity contribution < 1.29 is 19.4 Å². The number of hydrogen-bond donors (Lipinski definition) is 1. The molecule has 3 aromatic rings. The van der Waals surface area contributed by atoms with Crippen LogP contribution in [0.2, 0.25) is 0 Å². The van der Waals surface area contributed by atoms with Crippen LogP contribution in [-0.2, 0) is 6.54 Å². The molecule has 1 heterocycles. The van der Waals surface area contributed by atoms with Gasteiger partial charge >= 0.3 is 5.97 Å². The summed E-state index contributed by atoms with van der Waals surface area (Å²) in [6, 6.07) is 14.9. The normalized spacial score (nSPS) is 11.0. The predicted octanol–water partition coefficient (Wildman–Crippen LogP) is 6.15. The number of carboxylic acids is 1. The summed E-state index contributed by atoms with van der Waals surface area (Å²) in [7, 11) is 0. The Morgan fingerprint density at radius 1 is 1.03 bits per heavy atom. The molecule has 1 N–H and O–H groups in total. The molecule has 0 unspecified atom stereocenters. The van der Waals surface area contributed by atoms with Gasteiger partial charge in [0.25, 0.3) is 0 Å². The summed E-state index contributed by atoms with van der Waals surface area (Å²) < 4.78 is 13.9. The summed E-state index contributed by atoms with van der Waals surface area (Å²) in [5, 5.41) is 14.4. The van der Waals surface area contributed by atoms with Crippen molar-refractivity contribution in [2.75, 3.05) is 13.2 Å². The molecule has 0 saturated carbocycles. The zero-order chi connectivity index (χ0) is 23.1. The van der Waals surface area contributed by atoms with E-state index in [1.54, 1.807) is 18.2 Å². The third-order valence-corrected chi connectivity index (χ3v) is 5.04. The molecule has 0 aliphatic heterocycles. The van der Waals surface area contributed by atoms with Crippen molar-refractivity contribution in [1.82, 2.24) is 9.78 Å². The minimum atomic E-state index is -0.978. The maximum atomic E-state index is 11.6. The molecular formula is C26H32N2O4. The highest BCUT2D eigenvalue weighted by molar-refractivity contribution is 5.90. The van der Waals surface area contributed by atoms with Gasteiger partial charge in [-0.25, -0.2) is 4.79 Å². The molecule has 0 aliphatic carbocycles. The lowest BCUT2D eigenvalue weighted by Gasteiger charge is -2.13. The molecule has 0 spiro atoms. The van der Waals surface area contributed by atoms with E-state index in [4.69, 9.17) is 14.6 Å². The highest BCUT2D eigenvalue weighted by Gasteiger charge is 2.19. The van der Waals surface area contributed by atoms with Crippen molar-refractivity contribution in [1.29, 1.82) is 0 Å². The van der Waals surface area contributed by atoms with Crippen LogP contribution in [0.3, 0.4) is 0 Å². The van der Waals surface area contributed by atoms with Gasteiger partial charge in [0, 0.05) is 17.7 Å². The first-order valence-corrected chi connectivity index (χ1v) is 11.2. The molecule has 2 aromatic carbocycles. The van der Waals surface area contributed by atoms with Gasteiger partial charge in [0.2, 0.25) is 0 Å². The van der Waals surface area contributed by atoms with Gasteiger partial charge < -0.3 is 14.6 Å². The van der Waals surface area contributed by atoms with Crippen LogP contribution >= 0.6 is 0 Å². The average molecular weight is 437 g/mol. The van der Waals surface area contributed by atoms with E-state index in [1.165, 1.54) is 0 Å². The summed E-state index contributed by atoms with van der Waals surface area (Å²) in [5.41, 5.74) is 3.47. The summed E-state index contributed by atoms with van der Waals surface area (Å²) >= 11 is 0. The number of unbranched alkanes of at least 4 members (excludes halogenated alkanes) is 1. The highest BCUT2D eigenvalue weighted by Crippen LogP contribution is 2.36. The maximum absolute atomic E-state index is 11.6. The van der Waals surface area contributed by atoms with Crippen molar-refractivity contribution in [2.24, 2.45) is 5.92 Å². The van der Waals surface area contributed by atoms with E-state index in [0.717, 1.165) is 36.4 Å². The number of aromatic nitrogens is 2. The molecule has 6 heteroatoms. The third kappa shape index (κ3) is 5.49. The van der Waals surface area contributed by atoms with Crippen LogP contribution in [-0.4, -0.2) is 34.1 Å². The van der Waals surface area contributed by atoms with E-state index in [9.17, 15) is 9.90 Å². The van der Waals surface area contributed by atoms with Crippen LogP contribution in [0.25, 0.3) is 22.5 Å². The summed E-state index contributed by atoms with van der Waals surface area (Å²) in [6.45, 7) is 10.1. The number of rotatable bonds is 11. The van der Waals surface area contributed by atoms with Gasteiger partial charge in [-0.1, -0.05) is 39.3 Å². The third-order valence-electron chi connectivity index (χ3n) is 5.04. The lowest BCUT2D eigenvalue weighted by Crippen LogP contribution is -2.07. The minimum Gasteiger partial charge on any atom is -0.493 e. The molecule has 0 atom stereocenters. The van der Waals surface area contributed by atoms with Crippen LogP contribution in [0.15, 0.2) is 48.5 Å². The molecular weight excluding hydrogens is 404 g/mol. The smallest absolute Gasteiger partial charge is 0.335 e.